The van der Waals surface area contributed by atoms with Gasteiger partial charge in [-0.25, -0.2) is 0 Å². The first-order valence-corrected chi connectivity index (χ1v) is 6.53. The highest BCUT2D eigenvalue weighted by Crippen LogP contribution is 2.21. The molecule has 0 bridgehead atoms. The summed E-state index contributed by atoms with van der Waals surface area (Å²) in [7, 11) is 0. The van der Waals surface area contributed by atoms with Gasteiger partial charge in [-0.1, -0.05) is 18.5 Å². The molecular weight excluding hydrogens is 268 g/mol. The van der Waals surface area contributed by atoms with Gasteiger partial charge in [-0.05, 0) is 37.1 Å². The molecule has 0 aliphatic carbocycles. The molecule has 4 nitrogen and oxygen atoms in total. The molecule has 0 aliphatic heterocycles. The topological polar surface area (TPSA) is 52.6 Å². The number of ether oxygens (including phenoxy) is 2. The number of aryl methyl sites for hydroxylation is 1. The molecule has 0 atom stereocenters. The highest BCUT2D eigenvalue weighted by atomic mass is 35.5. The Morgan fingerprint density at radius 2 is 1.89 bits per heavy atom. The first-order chi connectivity index (χ1) is 9.02. The molecule has 0 saturated carbocycles. The Labute approximate surface area is 117 Å². The fourth-order valence-corrected chi connectivity index (χ4v) is 1.47. The van der Waals surface area contributed by atoms with Crippen LogP contribution in [0.5, 0.6) is 5.75 Å². The highest BCUT2D eigenvalue weighted by Gasteiger charge is 2.10. The van der Waals surface area contributed by atoms with Gasteiger partial charge in [0.2, 0.25) is 0 Å². The molecule has 0 heterocycles. The van der Waals surface area contributed by atoms with Crippen molar-refractivity contribution in [1.29, 1.82) is 0 Å². The number of carbonyl (C=O) groups is 2. The zero-order valence-corrected chi connectivity index (χ0v) is 11.8. The summed E-state index contributed by atoms with van der Waals surface area (Å²) >= 11 is 5.87. The van der Waals surface area contributed by atoms with Crippen molar-refractivity contribution in [2.24, 2.45) is 0 Å². The molecule has 5 heteroatoms. The number of rotatable bonds is 6. The third-order valence-corrected chi connectivity index (χ3v) is 2.79. The molecule has 0 aliphatic rings. The fourth-order valence-electron chi connectivity index (χ4n) is 1.36. The lowest BCUT2D eigenvalue weighted by Crippen LogP contribution is -2.12. The van der Waals surface area contributed by atoms with Crippen LogP contribution in [0.4, 0.5) is 0 Å². The van der Waals surface area contributed by atoms with E-state index in [0.717, 1.165) is 12.0 Å². The van der Waals surface area contributed by atoms with Crippen molar-refractivity contribution in [2.45, 2.75) is 33.1 Å². The highest BCUT2D eigenvalue weighted by molar-refractivity contribution is 6.31. The van der Waals surface area contributed by atoms with Gasteiger partial charge in [0, 0.05) is 5.02 Å². The van der Waals surface area contributed by atoms with E-state index in [1.54, 1.807) is 18.2 Å². The summed E-state index contributed by atoms with van der Waals surface area (Å²) in [6.45, 7) is 4.11. The van der Waals surface area contributed by atoms with Crippen molar-refractivity contribution in [3.05, 3.63) is 28.8 Å². The van der Waals surface area contributed by atoms with Gasteiger partial charge in [0.25, 0.3) is 0 Å². The van der Waals surface area contributed by atoms with Gasteiger partial charge in [-0.3, -0.25) is 9.59 Å². The Bertz CT molecular complexity index is 457. The molecule has 0 aromatic heterocycles. The van der Waals surface area contributed by atoms with E-state index in [9.17, 15) is 9.59 Å². The van der Waals surface area contributed by atoms with Gasteiger partial charge in [-0.15, -0.1) is 0 Å². The van der Waals surface area contributed by atoms with Crippen LogP contribution in [0.15, 0.2) is 18.2 Å². The van der Waals surface area contributed by atoms with Crippen molar-refractivity contribution in [1.82, 2.24) is 0 Å². The first-order valence-electron chi connectivity index (χ1n) is 6.15. The molecule has 0 radical (unpaired) electrons. The minimum Gasteiger partial charge on any atom is -0.466 e. The summed E-state index contributed by atoms with van der Waals surface area (Å²) in [5.74, 6) is -0.421. The largest absolute Gasteiger partial charge is 0.466 e. The lowest BCUT2D eigenvalue weighted by atomic mass is 10.2. The van der Waals surface area contributed by atoms with Crippen LogP contribution in [0.1, 0.15) is 31.7 Å². The average molecular weight is 285 g/mol. The number of carbonyl (C=O) groups excluding carboxylic acids is 2. The van der Waals surface area contributed by atoms with Gasteiger partial charge in [0.15, 0.2) is 0 Å². The number of hydrogen-bond acceptors (Lipinski definition) is 4. The van der Waals surface area contributed by atoms with E-state index in [2.05, 4.69) is 0 Å². The maximum Gasteiger partial charge on any atom is 0.311 e. The van der Waals surface area contributed by atoms with Gasteiger partial charge < -0.3 is 9.47 Å². The lowest BCUT2D eigenvalue weighted by Gasteiger charge is -2.06. The Morgan fingerprint density at radius 3 is 2.53 bits per heavy atom. The van der Waals surface area contributed by atoms with Crippen LogP contribution in [-0.4, -0.2) is 18.5 Å². The van der Waals surface area contributed by atoms with Crippen LogP contribution in [-0.2, 0) is 14.3 Å². The first kappa shape index (κ1) is 15.5. The molecule has 0 unspecified atom stereocenters. The van der Waals surface area contributed by atoms with E-state index >= 15 is 0 Å². The monoisotopic (exact) mass is 284 g/mol. The van der Waals surface area contributed by atoms with Crippen molar-refractivity contribution in [2.75, 3.05) is 6.61 Å². The Kier molecular flexibility index (Phi) is 6.36. The Balaban J connectivity index is 2.38. The Hall–Kier alpha value is -1.55. The van der Waals surface area contributed by atoms with Crippen LogP contribution in [0.3, 0.4) is 0 Å². The third-order valence-electron chi connectivity index (χ3n) is 2.36. The van der Waals surface area contributed by atoms with E-state index in [1.807, 2.05) is 13.8 Å². The summed E-state index contributed by atoms with van der Waals surface area (Å²) in [5, 5.41) is 0.614. The summed E-state index contributed by atoms with van der Waals surface area (Å²) in [6, 6.07) is 4.95. The molecule has 104 valence electrons. The molecule has 0 spiro atoms. The number of benzene rings is 1. The summed E-state index contributed by atoms with van der Waals surface area (Å²) in [6.07, 6.45) is 0.801. The molecule has 0 saturated heterocycles. The predicted octanol–water partition coefficient (Wildman–Crippen LogP) is 3.29. The van der Waals surface area contributed by atoms with Crippen molar-refractivity contribution in [3.8, 4) is 5.75 Å². The molecule has 1 aromatic rings. The van der Waals surface area contributed by atoms with E-state index < -0.39 is 5.97 Å². The predicted molar refractivity (Wildman–Crippen MR) is 72.3 cm³/mol. The number of esters is 2. The normalized spacial score (nSPS) is 10.1. The summed E-state index contributed by atoms with van der Waals surface area (Å²) in [5.41, 5.74) is 0.828. The van der Waals surface area contributed by atoms with Gasteiger partial charge >= 0.3 is 11.9 Å². The van der Waals surface area contributed by atoms with Crippen LogP contribution >= 0.6 is 11.6 Å². The van der Waals surface area contributed by atoms with Crippen LogP contribution in [0.2, 0.25) is 5.02 Å². The fraction of sp³-hybridized carbons (Fsp3) is 0.429. The second-order valence-electron chi connectivity index (χ2n) is 4.11. The van der Waals surface area contributed by atoms with Crippen molar-refractivity contribution >= 4 is 23.5 Å². The van der Waals surface area contributed by atoms with E-state index in [4.69, 9.17) is 21.1 Å². The second-order valence-corrected chi connectivity index (χ2v) is 4.51. The molecule has 0 amide bonds. The second kappa shape index (κ2) is 7.79. The molecule has 0 fully saturated rings. The smallest absolute Gasteiger partial charge is 0.311 e. The van der Waals surface area contributed by atoms with Crippen LogP contribution < -0.4 is 4.74 Å². The molecular formula is C14H17ClO4. The lowest BCUT2D eigenvalue weighted by molar-refractivity contribution is -0.146. The van der Waals surface area contributed by atoms with Crippen LogP contribution in [0, 0.1) is 6.92 Å². The van der Waals surface area contributed by atoms with Gasteiger partial charge in [0.05, 0.1) is 19.4 Å². The van der Waals surface area contributed by atoms with E-state index in [-0.39, 0.29) is 18.8 Å². The zero-order valence-electron chi connectivity index (χ0n) is 11.1. The third kappa shape index (κ3) is 5.75. The number of halogens is 1. The summed E-state index contributed by atoms with van der Waals surface area (Å²) < 4.78 is 9.96. The minimum atomic E-state index is -0.463. The van der Waals surface area contributed by atoms with Crippen molar-refractivity contribution < 1.29 is 19.1 Å². The quantitative estimate of drug-likeness (QED) is 0.594. The van der Waals surface area contributed by atoms with E-state index in [0.29, 0.717) is 17.4 Å². The molecule has 1 aromatic carbocycles. The van der Waals surface area contributed by atoms with E-state index in [1.165, 1.54) is 0 Å². The maximum atomic E-state index is 11.5. The molecule has 0 N–H and O–H groups in total. The summed E-state index contributed by atoms with van der Waals surface area (Å²) in [4.78, 5) is 22.7. The number of hydrogen-bond donors (Lipinski definition) is 0. The average Bonchev–Trinajstić information content (AvgIpc) is 2.38. The molecule has 1 rings (SSSR count). The maximum absolute atomic E-state index is 11.5. The van der Waals surface area contributed by atoms with Gasteiger partial charge in [-0.2, -0.15) is 0 Å². The van der Waals surface area contributed by atoms with Crippen LogP contribution in [0.25, 0.3) is 0 Å². The Morgan fingerprint density at radius 1 is 1.21 bits per heavy atom. The van der Waals surface area contributed by atoms with Gasteiger partial charge in [0.1, 0.15) is 5.75 Å². The molecule has 19 heavy (non-hydrogen) atoms. The zero-order chi connectivity index (χ0) is 14.3. The minimum absolute atomic E-state index is 0.00419. The van der Waals surface area contributed by atoms with Crippen molar-refractivity contribution in [3.63, 3.8) is 0 Å². The SMILES string of the molecule is CCCOC(=O)CCC(=O)Oc1ccc(Cl)c(C)c1. The standard InChI is InChI=1S/C14H17ClO4/c1-3-8-18-13(16)6-7-14(17)19-11-4-5-12(15)10(2)9-11/h4-5,9H,3,6-8H2,1-2H3.